The third kappa shape index (κ3) is 4.42. The monoisotopic (exact) mass is 426 g/mol. The molecule has 0 unspecified atom stereocenters. The molecule has 4 heterocycles. The number of fused-ring (bicyclic) bond motifs is 1. The number of thiophene rings is 1. The summed E-state index contributed by atoms with van der Waals surface area (Å²) in [5, 5.41) is 15.8. The van der Waals surface area contributed by atoms with Crippen LogP contribution in [-0.4, -0.2) is 71.1 Å². The van der Waals surface area contributed by atoms with Crippen LogP contribution in [0.5, 0.6) is 0 Å². The minimum Gasteiger partial charge on any atom is -0.483 e. The summed E-state index contributed by atoms with van der Waals surface area (Å²) in [6.07, 6.45) is 2.95. The summed E-state index contributed by atoms with van der Waals surface area (Å²) in [4.78, 5) is 25.3. The van der Waals surface area contributed by atoms with Crippen molar-refractivity contribution >= 4 is 33.6 Å². The van der Waals surface area contributed by atoms with Gasteiger partial charge in [0.2, 0.25) is 0 Å². The van der Waals surface area contributed by atoms with Gasteiger partial charge in [-0.3, -0.25) is 19.6 Å². The minimum absolute atomic E-state index is 0.0257. The number of carbonyl (C=O) groups is 2. The van der Waals surface area contributed by atoms with Crippen molar-refractivity contribution in [1.82, 2.24) is 20.4 Å². The first-order valence-electron chi connectivity index (χ1n) is 8.70. The first-order valence-corrected chi connectivity index (χ1v) is 11.2. The van der Waals surface area contributed by atoms with Crippen molar-refractivity contribution in [2.75, 3.05) is 18.8 Å². The second-order valence-electron chi connectivity index (χ2n) is 6.91. The molecule has 2 aromatic heterocycles. The third-order valence-electron chi connectivity index (χ3n) is 5.03. The molecule has 152 valence electrons. The molecule has 0 aliphatic carbocycles. The van der Waals surface area contributed by atoms with Gasteiger partial charge in [-0.05, 0) is 19.1 Å². The van der Waals surface area contributed by atoms with Gasteiger partial charge in [0, 0.05) is 47.5 Å². The van der Waals surface area contributed by atoms with Crippen LogP contribution in [0, 0.1) is 12.8 Å². The molecule has 0 spiro atoms. The van der Waals surface area contributed by atoms with E-state index in [0.717, 1.165) is 6.54 Å². The second kappa shape index (κ2) is 8.41. The van der Waals surface area contributed by atoms with E-state index in [1.165, 1.54) is 22.1 Å². The Kier molecular flexibility index (Phi) is 6.16. The molecule has 9 nitrogen and oxygen atoms in total. The van der Waals surface area contributed by atoms with E-state index in [1.807, 2.05) is 0 Å². The standard InChI is InChI=1S/C16H20N4O3S2.CH2O2/c1-10-2-3-12(24-10)6-20-7-13-14(9-25(22,23)15(13)8-20)19-16(21)11-4-17-18-5-11;2-1-3/h2-5,13-15H,6-9H2,1H3,(H,17,18)(H,19,21);1H,(H,2,3)/t13-,14+,15-;/m0./s1. The number of sulfone groups is 1. The third-order valence-corrected chi connectivity index (χ3v) is 8.26. The van der Waals surface area contributed by atoms with Crippen LogP contribution in [0.25, 0.3) is 0 Å². The lowest BCUT2D eigenvalue weighted by Crippen LogP contribution is -2.41. The zero-order valence-corrected chi connectivity index (χ0v) is 16.9. The quantitative estimate of drug-likeness (QED) is 0.607. The highest BCUT2D eigenvalue weighted by Gasteiger charge is 2.52. The number of hydrogen-bond donors (Lipinski definition) is 3. The SMILES string of the molecule is Cc1ccc(CN2C[C@H]3[C@H](NC(=O)c4cn[nH]c4)CS(=O)(=O)[C@H]3C2)s1.O=CO. The second-order valence-corrected chi connectivity index (χ2v) is 10.5. The summed E-state index contributed by atoms with van der Waals surface area (Å²) >= 11 is 1.74. The Bertz CT molecular complexity index is 925. The molecule has 3 N–H and O–H groups in total. The van der Waals surface area contributed by atoms with E-state index in [0.29, 0.717) is 18.7 Å². The molecule has 0 radical (unpaired) electrons. The minimum atomic E-state index is -3.18. The van der Waals surface area contributed by atoms with Crippen LogP contribution in [-0.2, 0) is 21.2 Å². The lowest BCUT2D eigenvalue weighted by Gasteiger charge is -2.20. The molecule has 2 aliphatic rings. The molecule has 2 fully saturated rings. The fourth-order valence-electron chi connectivity index (χ4n) is 3.84. The van der Waals surface area contributed by atoms with Gasteiger partial charge in [0.15, 0.2) is 9.84 Å². The normalized spacial score (nSPS) is 25.5. The highest BCUT2D eigenvalue weighted by atomic mass is 32.2. The summed E-state index contributed by atoms with van der Waals surface area (Å²) in [5.74, 6) is -0.304. The fraction of sp³-hybridized carbons (Fsp3) is 0.471. The maximum absolute atomic E-state index is 12.5. The molecule has 1 amide bonds. The molecule has 2 saturated heterocycles. The van der Waals surface area contributed by atoms with Crippen molar-refractivity contribution in [2.24, 2.45) is 5.92 Å². The zero-order chi connectivity index (χ0) is 20.3. The first kappa shape index (κ1) is 20.5. The highest BCUT2D eigenvalue weighted by molar-refractivity contribution is 7.92. The van der Waals surface area contributed by atoms with Gasteiger partial charge in [-0.1, -0.05) is 0 Å². The lowest BCUT2D eigenvalue weighted by molar-refractivity contribution is -0.122. The molecule has 0 aromatic carbocycles. The molecular weight excluding hydrogens is 404 g/mol. The number of H-pyrrole nitrogens is 1. The van der Waals surface area contributed by atoms with Crippen LogP contribution < -0.4 is 5.32 Å². The van der Waals surface area contributed by atoms with Crippen LogP contribution in [0.1, 0.15) is 20.1 Å². The number of hydrogen-bond acceptors (Lipinski definition) is 7. The number of carboxylic acid groups (broad SMARTS) is 1. The molecule has 28 heavy (non-hydrogen) atoms. The van der Waals surface area contributed by atoms with E-state index >= 15 is 0 Å². The smallest absolute Gasteiger partial charge is 0.290 e. The molecule has 2 aliphatic heterocycles. The van der Waals surface area contributed by atoms with Gasteiger partial charge in [-0.15, -0.1) is 11.3 Å². The average Bonchev–Trinajstić information content (AvgIpc) is 3.37. The number of likely N-dealkylation sites (tertiary alicyclic amines) is 1. The van der Waals surface area contributed by atoms with Gasteiger partial charge in [-0.2, -0.15) is 5.10 Å². The van der Waals surface area contributed by atoms with Gasteiger partial charge in [0.25, 0.3) is 12.4 Å². The van der Waals surface area contributed by atoms with E-state index in [-0.39, 0.29) is 35.3 Å². The van der Waals surface area contributed by atoms with E-state index in [9.17, 15) is 13.2 Å². The Balaban J connectivity index is 0.000000706. The van der Waals surface area contributed by atoms with E-state index in [2.05, 4.69) is 39.5 Å². The van der Waals surface area contributed by atoms with E-state index in [4.69, 9.17) is 9.90 Å². The van der Waals surface area contributed by atoms with Gasteiger partial charge in [0.05, 0.1) is 22.8 Å². The predicted octanol–water partition coefficient (Wildman–Crippen LogP) is 0.508. The number of nitrogens with one attached hydrogen (secondary N) is 2. The predicted molar refractivity (Wildman–Crippen MR) is 104 cm³/mol. The van der Waals surface area contributed by atoms with Gasteiger partial charge >= 0.3 is 0 Å². The van der Waals surface area contributed by atoms with Crippen LogP contribution in [0.3, 0.4) is 0 Å². The molecule has 0 saturated carbocycles. The fourth-order valence-corrected chi connectivity index (χ4v) is 7.10. The maximum Gasteiger partial charge on any atom is 0.290 e. The first-order chi connectivity index (χ1) is 13.3. The Morgan fingerprint density at radius 2 is 2.21 bits per heavy atom. The number of carbonyl (C=O) groups excluding carboxylic acids is 1. The molecular formula is C17H22N4O5S2. The van der Waals surface area contributed by atoms with Crippen molar-refractivity contribution in [2.45, 2.75) is 24.8 Å². The number of nitrogens with zero attached hydrogens (tertiary/aromatic N) is 2. The molecule has 2 aromatic rings. The maximum atomic E-state index is 12.5. The van der Waals surface area contributed by atoms with Gasteiger partial charge in [0.1, 0.15) is 0 Å². The van der Waals surface area contributed by atoms with Crippen LogP contribution >= 0.6 is 11.3 Å². The molecule has 0 bridgehead atoms. The largest absolute Gasteiger partial charge is 0.483 e. The number of aryl methyl sites for hydroxylation is 1. The van der Waals surface area contributed by atoms with Crippen molar-refractivity contribution in [3.8, 4) is 0 Å². The highest BCUT2D eigenvalue weighted by Crippen LogP contribution is 2.35. The summed E-state index contributed by atoms with van der Waals surface area (Å²) in [6.45, 7) is 3.82. The van der Waals surface area contributed by atoms with E-state index in [1.54, 1.807) is 11.3 Å². The number of amides is 1. The van der Waals surface area contributed by atoms with Gasteiger partial charge in [-0.25, -0.2) is 8.42 Å². The van der Waals surface area contributed by atoms with Crippen molar-refractivity contribution in [1.29, 1.82) is 0 Å². The summed E-state index contributed by atoms with van der Waals surface area (Å²) < 4.78 is 25.1. The van der Waals surface area contributed by atoms with Gasteiger partial charge < -0.3 is 10.4 Å². The lowest BCUT2D eigenvalue weighted by atomic mass is 10.0. The van der Waals surface area contributed by atoms with Crippen LogP contribution in [0.4, 0.5) is 0 Å². The number of aromatic nitrogens is 2. The van der Waals surface area contributed by atoms with Crippen molar-refractivity contribution in [3.05, 3.63) is 39.8 Å². The molecule has 11 heteroatoms. The number of aromatic amines is 1. The average molecular weight is 427 g/mol. The Morgan fingerprint density at radius 3 is 2.82 bits per heavy atom. The zero-order valence-electron chi connectivity index (χ0n) is 15.2. The topological polar surface area (TPSA) is 132 Å². The molecule has 4 rings (SSSR count). The Hall–Kier alpha value is -2.24. The number of rotatable bonds is 4. The Labute approximate surface area is 166 Å². The summed E-state index contributed by atoms with van der Waals surface area (Å²) in [6, 6.07) is 3.84. The van der Waals surface area contributed by atoms with Crippen molar-refractivity contribution < 1.29 is 23.1 Å². The summed E-state index contributed by atoms with van der Waals surface area (Å²) in [5.41, 5.74) is 0.421. The van der Waals surface area contributed by atoms with Crippen LogP contribution in [0.2, 0.25) is 0 Å². The summed E-state index contributed by atoms with van der Waals surface area (Å²) in [7, 11) is -3.18. The van der Waals surface area contributed by atoms with Crippen LogP contribution in [0.15, 0.2) is 24.5 Å². The van der Waals surface area contributed by atoms with Crippen molar-refractivity contribution in [3.63, 3.8) is 0 Å². The Morgan fingerprint density at radius 1 is 1.46 bits per heavy atom. The van der Waals surface area contributed by atoms with E-state index < -0.39 is 9.84 Å². The molecule has 3 atom stereocenters.